The summed E-state index contributed by atoms with van der Waals surface area (Å²) in [6, 6.07) is 2.87. The Balaban J connectivity index is 2.30. The lowest BCUT2D eigenvalue weighted by molar-refractivity contribution is 0.451. The molecule has 1 aromatic heterocycles. The topological polar surface area (TPSA) is 55.9 Å². The number of hydrazine groups is 1. The van der Waals surface area contributed by atoms with Crippen LogP contribution in [0.15, 0.2) is 12.3 Å². The van der Waals surface area contributed by atoms with Gasteiger partial charge in [0, 0.05) is 24.7 Å². The lowest BCUT2D eigenvalue weighted by Crippen LogP contribution is -2.36. The highest BCUT2D eigenvalue weighted by molar-refractivity contribution is 5.01. The normalized spacial score (nSPS) is 13.1. The van der Waals surface area contributed by atoms with Crippen LogP contribution in [0.1, 0.15) is 71.0 Å². The fourth-order valence-electron chi connectivity index (χ4n) is 2.26. The van der Waals surface area contributed by atoms with Crippen LogP contribution in [0, 0.1) is 0 Å². The molecular formula is C15H30N4. The number of unbranched alkanes of at least 4 members (excludes halogenated alkanes) is 4. The molecule has 4 heteroatoms. The molecule has 0 saturated carbocycles. The molecule has 0 spiro atoms. The monoisotopic (exact) mass is 266 g/mol. The van der Waals surface area contributed by atoms with Crippen LogP contribution in [0.4, 0.5) is 0 Å². The van der Waals surface area contributed by atoms with Crippen LogP contribution in [-0.2, 0) is 6.42 Å². The van der Waals surface area contributed by atoms with Crippen molar-refractivity contribution in [3.63, 3.8) is 0 Å². The molecule has 0 radical (unpaired) electrons. The van der Waals surface area contributed by atoms with Crippen molar-refractivity contribution in [2.24, 2.45) is 5.84 Å². The Kier molecular flexibility index (Phi) is 7.75. The van der Waals surface area contributed by atoms with E-state index >= 15 is 0 Å². The summed E-state index contributed by atoms with van der Waals surface area (Å²) < 4.78 is 2.00. The Morgan fingerprint density at radius 1 is 1.26 bits per heavy atom. The number of nitrogens with zero attached hydrogens (tertiary/aromatic N) is 2. The molecule has 1 rings (SSSR count). The highest BCUT2D eigenvalue weighted by atomic mass is 15.3. The van der Waals surface area contributed by atoms with Crippen molar-refractivity contribution in [1.29, 1.82) is 0 Å². The second kappa shape index (κ2) is 9.10. The molecule has 1 unspecified atom stereocenters. The first-order chi connectivity index (χ1) is 9.17. The van der Waals surface area contributed by atoms with Crippen molar-refractivity contribution in [2.45, 2.75) is 77.8 Å². The van der Waals surface area contributed by atoms with E-state index in [-0.39, 0.29) is 0 Å². The molecule has 0 bridgehead atoms. The van der Waals surface area contributed by atoms with Crippen LogP contribution in [0.25, 0.3) is 0 Å². The molecule has 110 valence electrons. The van der Waals surface area contributed by atoms with Crippen LogP contribution in [-0.4, -0.2) is 15.8 Å². The summed E-state index contributed by atoms with van der Waals surface area (Å²) in [5.74, 6) is 5.64. The zero-order chi connectivity index (χ0) is 14.1. The maximum Gasteiger partial charge on any atom is 0.0640 e. The number of nitrogens with one attached hydrogen (secondary N) is 1. The Hall–Kier alpha value is -0.870. The van der Waals surface area contributed by atoms with E-state index in [1.165, 1.54) is 32.1 Å². The van der Waals surface area contributed by atoms with E-state index in [0.29, 0.717) is 12.1 Å². The number of hydrogen-bond acceptors (Lipinski definition) is 3. The molecule has 1 heterocycles. The van der Waals surface area contributed by atoms with E-state index < -0.39 is 0 Å². The molecule has 0 amide bonds. The van der Waals surface area contributed by atoms with Gasteiger partial charge in [-0.2, -0.15) is 5.10 Å². The third kappa shape index (κ3) is 6.21. The van der Waals surface area contributed by atoms with Crippen LogP contribution in [0.5, 0.6) is 0 Å². The van der Waals surface area contributed by atoms with E-state index in [1.807, 2.05) is 4.68 Å². The van der Waals surface area contributed by atoms with Crippen molar-refractivity contribution in [2.75, 3.05) is 0 Å². The van der Waals surface area contributed by atoms with Gasteiger partial charge in [0.25, 0.3) is 0 Å². The Morgan fingerprint density at radius 3 is 2.58 bits per heavy atom. The summed E-state index contributed by atoms with van der Waals surface area (Å²) in [6.07, 6.45) is 10.7. The van der Waals surface area contributed by atoms with E-state index in [9.17, 15) is 0 Å². The third-order valence-corrected chi connectivity index (χ3v) is 3.54. The standard InChI is InChI=1S/C15H30N4/c1-4-5-6-7-8-9-14(17-16)12-15-10-11-19(18-15)13(2)3/h10-11,13-14,17H,4-9,12,16H2,1-3H3. The third-order valence-electron chi connectivity index (χ3n) is 3.54. The van der Waals surface area contributed by atoms with Crippen molar-refractivity contribution < 1.29 is 0 Å². The van der Waals surface area contributed by atoms with Crippen LogP contribution in [0.3, 0.4) is 0 Å². The molecule has 0 aliphatic rings. The predicted octanol–water partition coefficient (Wildman–Crippen LogP) is 3.20. The van der Waals surface area contributed by atoms with Crippen molar-refractivity contribution in [1.82, 2.24) is 15.2 Å². The van der Waals surface area contributed by atoms with Crippen LogP contribution >= 0.6 is 0 Å². The molecule has 4 nitrogen and oxygen atoms in total. The summed E-state index contributed by atoms with van der Waals surface area (Å²) in [5, 5.41) is 4.58. The van der Waals surface area contributed by atoms with Gasteiger partial charge < -0.3 is 0 Å². The first kappa shape index (κ1) is 16.2. The summed E-state index contributed by atoms with van der Waals surface area (Å²) in [7, 11) is 0. The van der Waals surface area contributed by atoms with Crippen molar-refractivity contribution >= 4 is 0 Å². The average molecular weight is 266 g/mol. The minimum Gasteiger partial charge on any atom is -0.271 e. The first-order valence-electron chi connectivity index (χ1n) is 7.67. The maximum absolute atomic E-state index is 5.64. The van der Waals surface area contributed by atoms with Gasteiger partial charge in [-0.05, 0) is 26.3 Å². The summed E-state index contributed by atoms with van der Waals surface area (Å²) in [6.45, 7) is 6.53. The van der Waals surface area contributed by atoms with Gasteiger partial charge in [-0.3, -0.25) is 16.0 Å². The Labute approximate surface area is 117 Å². The second-order valence-electron chi connectivity index (χ2n) is 5.65. The minimum absolute atomic E-state index is 0.345. The van der Waals surface area contributed by atoms with Crippen molar-refractivity contribution in [3.8, 4) is 0 Å². The van der Waals surface area contributed by atoms with Gasteiger partial charge in [0.05, 0.1) is 5.69 Å². The minimum atomic E-state index is 0.345. The molecule has 0 saturated heterocycles. The first-order valence-corrected chi connectivity index (χ1v) is 7.67. The van der Waals surface area contributed by atoms with Crippen LogP contribution in [0.2, 0.25) is 0 Å². The summed E-state index contributed by atoms with van der Waals surface area (Å²) in [5.41, 5.74) is 4.06. The summed E-state index contributed by atoms with van der Waals surface area (Å²) in [4.78, 5) is 0. The fraction of sp³-hybridized carbons (Fsp3) is 0.800. The van der Waals surface area contributed by atoms with Crippen molar-refractivity contribution in [3.05, 3.63) is 18.0 Å². The van der Waals surface area contributed by atoms with Gasteiger partial charge in [-0.1, -0.05) is 39.0 Å². The molecule has 1 atom stereocenters. The van der Waals surface area contributed by atoms with Gasteiger partial charge >= 0.3 is 0 Å². The molecule has 1 aromatic rings. The van der Waals surface area contributed by atoms with Gasteiger partial charge in [-0.15, -0.1) is 0 Å². The van der Waals surface area contributed by atoms with Gasteiger partial charge in [0.1, 0.15) is 0 Å². The second-order valence-corrected chi connectivity index (χ2v) is 5.65. The average Bonchev–Trinajstić information content (AvgIpc) is 2.86. The van der Waals surface area contributed by atoms with E-state index in [1.54, 1.807) is 0 Å². The van der Waals surface area contributed by atoms with E-state index in [2.05, 4.69) is 43.6 Å². The smallest absolute Gasteiger partial charge is 0.0640 e. The summed E-state index contributed by atoms with van der Waals surface area (Å²) >= 11 is 0. The van der Waals surface area contributed by atoms with Gasteiger partial charge in [-0.25, -0.2) is 0 Å². The lowest BCUT2D eigenvalue weighted by atomic mass is 10.0. The number of nitrogens with two attached hydrogens (primary N) is 1. The highest BCUT2D eigenvalue weighted by Crippen LogP contribution is 2.11. The molecule has 3 N–H and O–H groups in total. The molecule has 19 heavy (non-hydrogen) atoms. The fourth-order valence-corrected chi connectivity index (χ4v) is 2.26. The molecule has 0 aliphatic heterocycles. The van der Waals surface area contributed by atoms with E-state index in [4.69, 9.17) is 5.84 Å². The largest absolute Gasteiger partial charge is 0.271 e. The number of rotatable bonds is 10. The molecule has 0 aromatic carbocycles. The van der Waals surface area contributed by atoms with Gasteiger partial charge in [0.15, 0.2) is 0 Å². The molecule has 0 aliphatic carbocycles. The molecular weight excluding hydrogens is 236 g/mol. The van der Waals surface area contributed by atoms with Crippen LogP contribution < -0.4 is 11.3 Å². The Morgan fingerprint density at radius 2 is 2.00 bits per heavy atom. The maximum atomic E-state index is 5.64. The lowest BCUT2D eigenvalue weighted by Gasteiger charge is -2.14. The Bertz CT molecular complexity index is 333. The quantitative estimate of drug-likeness (QED) is 0.388. The zero-order valence-corrected chi connectivity index (χ0v) is 12.7. The zero-order valence-electron chi connectivity index (χ0n) is 12.7. The SMILES string of the molecule is CCCCCCCC(Cc1ccn(C(C)C)n1)NN. The molecule has 0 fully saturated rings. The highest BCUT2D eigenvalue weighted by Gasteiger charge is 2.10. The number of aromatic nitrogens is 2. The van der Waals surface area contributed by atoms with Gasteiger partial charge in [0.2, 0.25) is 0 Å². The van der Waals surface area contributed by atoms with E-state index in [0.717, 1.165) is 18.5 Å². The number of hydrogen-bond donors (Lipinski definition) is 2. The predicted molar refractivity (Wildman–Crippen MR) is 80.8 cm³/mol.